The molecule has 0 bridgehead atoms. The van der Waals surface area contributed by atoms with E-state index in [1.807, 2.05) is 0 Å². The number of hydrogen-bond donors (Lipinski definition) is 2. The molecule has 0 unspecified atom stereocenters. The number of nitrogens with one attached hydrogen (secondary N) is 1. The summed E-state index contributed by atoms with van der Waals surface area (Å²) in [5.41, 5.74) is 3.75. The Labute approximate surface area is 110 Å². The number of aliphatic hydroxyl groups excluding tert-OH is 1. The molecular formula is C15H25NO2. The van der Waals surface area contributed by atoms with Crippen molar-refractivity contribution in [2.75, 3.05) is 26.8 Å². The molecule has 0 amide bonds. The predicted octanol–water partition coefficient (Wildman–Crippen LogP) is 2.22. The standard InChI is InChI=1S/C15H25NO2/c1-12-10-14(11-13(2)15(12)18-3)6-8-16-7-4-5-9-17/h10-11,16-17H,4-9H2,1-3H3. The van der Waals surface area contributed by atoms with E-state index in [1.165, 1.54) is 16.7 Å². The van der Waals surface area contributed by atoms with Gasteiger partial charge in [-0.05, 0) is 62.9 Å². The lowest BCUT2D eigenvalue weighted by atomic mass is 10.0. The minimum absolute atomic E-state index is 0.290. The van der Waals surface area contributed by atoms with E-state index < -0.39 is 0 Å². The Kier molecular flexibility index (Phi) is 6.76. The smallest absolute Gasteiger partial charge is 0.124 e. The van der Waals surface area contributed by atoms with Crippen LogP contribution in [0.2, 0.25) is 0 Å². The molecule has 3 heteroatoms. The van der Waals surface area contributed by atoms with E-state index in [9.17, 15) is 0 Å². The second-order valence-corrected chi connectivity index (χ2v) is 4.69. The lowest BCUT2D eigenvalue weighted by molar-refractivity contribution is 0.284. The van der Waals surface area contributed by atoms with E-state index in [-0.39, 0.29) is 0 Å². The predicted molar refractivity (Wildman–Crippen MR) is 75.4 cm³/mol. The average Bonchev–Trinajstić information content (AvgIpc) is 2.33. The third-order valence-corrected chi connectivity index (χ3v) is 3.08. The van der Waals surface area contributed by atoms with Crippen LogP contribution in [0.4, 0.5) is 0 Å². The van der Waals surface area contributed by atoms with Gasteiger partial charge in [0.15, 0.2) is 0 Å². The first-order valence-electron chi connectivity index (χ1n) is 6.64. The van der Waals surface area contributed by atoms with Crippen molar-refractivity contribution >= 4 is 0 Å². The fraction of sp³-hybridized carbons (Fsp3) is 0.600. The molecule has 1 aromatic carbocycles. The van der Waals surface area contributed by atoms with Gasteiger partial charge in [-0.3, -0.25) is 0 Å². The molecule has 0 heterocycles. The molecule has 0 aliphatic rings. The summed E-state index contributed by atoms with van der Waals surface area (Å²) >= 11 is 0. The van der Waals surface area contributed by atoms with Crippen molar-refractivity contribution in [1.29, 1.82) is 0 Å². The Bertz CT molecular complexity index is 341. The maximum Gasteiger partial charge on any atom is 0.124 e. The van der Waals surface area contributed by atoms with E-state index in [2.05, 4.69) is 31.3 Å². The molecule has 0 saturated heterocycles. The molecule has 3 nitrogen and oxygen atoms in total. The van der Waals surface area contributed by atoms with Crippen molar-refractivity contribution in [3.8, 4) is 5.75 Å². The molecule has 0 aliphatic carbocycles. The molecule has 0 radical (unpaired) electrons. The summed E-state index contributed by atoms with van der Waals surface area (Å²) in [6, 6.07) is 4.39. The van der Waals surface area contributed by atoms with Gasteiger partial charge in [-0.25, -0.2) is 0 Å². The van der Waals surface area contributed by atoms with Crippen LogP contribution in [0.25, 0.3) is 0 Å². The van der Waals surface area contributed by atoms with Crippen LogP contribution < -0.4 is 10.1 Å². The quantitative estimate of drug-likeness (QED) is 0.696. The van der Waals surface area contributed by atoms with E-state index in [1.54, 1.807) is 7.11 Å². The van der Waals surface area contributed by atoms with E-state index in [0.29, 0.717) is 6.61 Å². The third kappa shape index (κ3) is 4.67. The van der Waals surface area contributed by atoms with Crippen molar-refractivity contribution in [3.63, 3.8) is 0 Å². The zero-order chi connectivity index (χ0) is 13.4. The van der Waals surface area contributed by atoms with Gasteiger partial charge in [-0.15, -0.1) is 0 Å². The number of benzene rings is 1. The summed E-state index contributed by atoms with van der Waals surface area (Å²) in [7, 11) is 1.72. The summed E-state index contributed by atoms with van der Waals surface area (Å²) in [6.07, 6.45) is 2.95. The first-order chi connectivity index (χ1) is 8.69. The van der Waals surface area contributed by atoms with Crippen molar-refractivity contribution in [2.45, 2.75) is 33.1 Å². The lowest BCUT2D eigenvalue weighted by Crippen LogP contribution is -2.18. The van der Waals surface area contributed by atoms with Crippen LogP contribution in [0.1, 0.15) is 29.5 Å². The minimum Gasteiger partial charge on any atom is -0.496 e. The minimum atomic E-state index is 0.290. The highest BCUT2D eigenvalue weighted by Gasteiger charge is 2.04. The molecule has 0 aromatic heterocycles. The zero-order valence-corrected chi connectivity index (χ0v) is 11.8. The van der Waals surface area contributed by atoms with Crippen LogP contribution in [0.15, 0.2) is 12.1 Å². The first-order valence-corrected chi connectivity index (χ1v) is 6.64. The monoisotopic (exact) mass is 251 g/mol. The molecule has 0 fully saturated rings. The van der Waals surface area contributed by atoms with Gasteiger partial charge in [0.05, 0.1) is 7.11 Å². The number of rotatable bonds is 8. The summed E-state index contributed by atoms with van der Waals surface area (Å²) in [5.74, 6) is 0.995. The number of aryl methyl sites for hydroxylation is 2. The average molecular weight is 251 g/mol. The van der Waals surface area contributed by atoms with Crippen LogP contribution in [0, 0.1) is 13.8 Å². The van der Waals surface area contributed by atoms with Crippen LogP contribution in [-0.4, -0.2) is 31.9 Å². The lowest BCUT2D eigenvalue weighted by Gasteiger charge is -2.11. The molecule has 0 atom stereocenters. The number of unbranched alkanes of at least 4 members (excludes halogenated alkanes) is 1. The van der Waals surface area contributed by atoms with Crippen molar-refractivity contribution in [3.05, 3.63) is 28.8 Å². The fourth-order valence-electron chi connectivity index (χ4n) is 2.23. The molecule has 0 saturated carbocycles. The largest absolute Gasteiger partial charge is 0.496 e. The van der Waals surface area contributed by atoms with Gasteiger partial charge < -0.3 is 15.2 Å². The van der Waals surface area contributed by atoms with Gasteiger partial charge >= 0.3 is 0 Å². The van der Waals surface area contributed by atoms with E-state index in [0.717, 1.165) is 38.1 Å². The van der Waals surface area contributed by atoms with Crippen molar-refractivity contribution in [1.82, 2.24) is 5.32 Å². The van der Waals surface area contributed by atoms with Crippen LogP contribution >= 0.6 is 0 Å². The maximum absolute atomic E-state index is 8.67. The highest BCUT2D eigenvalue weighted by Crippen LogP contribution is 2.24. The molecule has 102 valence electrons. The summed E-state index contributed by atoms with van der Waals surface area (Å²) < 4.78 is 5.36. The Balaban J connectivity index is 2.39. The van der Waals surface area contributed by atoms with Gasteiger partial charge in [-0.1, -0.05) is 12.1 Å². The molecule has 2 N–H and O–H groups in total. The van der Waals surface area contributed by atoms with Crippen molar-refractivity contribution in [2.24, 2.45) is 0 Å². The van der Waals surface area contributed by atoms with Gasteiger partial charge in [0.25, 0.3) is 0 Å². The molecular weight excluding hydrogens is 226 g/mol. The summed E-state index contributed by atoms with van der Waals surface area (Å²) in [6.45, 7) is 6.43. The molecule has 18 heavy (non-hydrogen) atoms. The number of aliphatic hydroxyl groups is 1. The second-order valence-electron chi connectivity index (χ2n) is 4.69. The summed E-state index contributed by atoms with van der Waals surface area (Å²) in [5, 5.41) is 12.1. The normalized spacial score (nSPS) is 10.7. The summed E-state index contributed by atoms with van der Waals surface area (Å²) in [4.78, 5) is 0. The molecule has 1 rings (SSSR count). The van der Waals surface area contributed by atoms with Crippen LogP contribution in [-0.2, 0) is 6.42 Å². The van der Waals surface area contributed by atoms with Gasteiger partial charge in [0, 0.05) is 6.61 Å². The van der Waals surface area contributed by atoms with Gasteiger partial charge in [0.2, 0.25) is 0 Å². The number of methoxy groups -OCH3 is 1. The Morgan fingerprint density at radius 1 is 1.11 bits per heavy atom. The topological polar surface area (TPSA) is 41.5 Å². The Hall–Kier alpha value is -1.06. The number of hydrogen-bond acceptors (Lipinski definition) is 3. The zero-order valence-electron chi connectivity index (χ0n) is 11.8. The van der Waals surface area contributed by atoms with Crippen LogP contribution in [0.3, 0.4) is 0 Å². The van der Waals surface area contributed by atoms with E-state index in [4.69, 9.17) is 9.84 Å². The van der Waals surface area contributed by atoms with Crippen LogP contribution in [0.5, 0.6) is 5.75 Å². The van der Waals surface area contributed by atoms with Crippen molar-refractivity contribution < 1.29 is 9.84 Å². The van der Waals surface area contributed by atoms with E-state index >= 15 is 0 Å². The highest BCUT2D eigenvalue weighted by atomic mass is 16.5. The maximum atomic E-state index is 8.67. The number of ether oxygens (including phenoxy) is 1. The highest BCUT2D eigenvalue weighted by molar-refractivity contribution is 5.43. The fourth-order valence-corrected chi connectivity index (χ4v) is 2.23. The Morgan fingerprint density at radius 3 is 2.33 bits per heavy atom. The molecule has 0 aliphatic heterocycles. The molecule has 0 spiro atoms. The van der Waals surface area contributed by atoms with Gasteiger partial charge in [0.1, 0.15) is 5.75 Å². The first kappa shape index (κ1) is 15.0. The Morgan fingerprint density at radius 2 is 1.78 bits per heavy atom. The third-order valence-electron chi connectivity index (χ3n) is 3.08. The SMILES string of the molecule is COc1c(C)cc(CCNCCCCO)cc1C. The van der Waals surface area contributed by atoms with Gasteiger partial charge in [-0.2, -0.15) is 0 Å². The molecule has 1 aromatic rings. The second kappa shape index (κ2) is 8.11.